The second-order valence-corrected chi connectivity index (χ2v) is 5.18. The fraction of sp³-hybridized carbons (Fsp3) is 0.500. The van der Waals surface area contributed by atoms with Crippen LogP contribution in [0.15, 0.2) is 18.2 Å². The Labute approximate surface area is 119 Å². The molecule has 0 spiro atoms. The number of rotatable bonds is 3. The lowest BCUT2D eigenvalue weighted by molar-refractivity contribution is -0.140. The van der Waals surface area contributed by atoms with Crippen LogP contribution < -0.4 is 5.73 Å². The van der Waals surface area contributed by atoms with Gasteiger partial charge in [-0.3, -0.25) is 4.79 Å². The van der Waals surface area contributed by atoms with Crippen LogP contribution in [0.3, 0.4) is 0 Å². The molecule has 0 radical (unpaired) electrons. The molecule has 21 heavy (non-hydrogen) atoms. The van der Waals surface area contributed by atoms with Crippen molar-refractivity contribution in [3.63, 3.8) is 0 Å². The fourth-order valence-corrected chi connectivity index (χ4v) is 2.55. The second kappa shape index (κ2) is 6.01. The van der Waals surface area contributed by atoms with Gasteiger partial charge in [-0.2, -0.15) is 13.2 Å². The van der Waals surface area contributed by atoms with Crippen molar-refractivity contribution in [2.24, 2.45) is 11.7 Å². The zero-order chi connectivity index (χ0) is 15.6. The summed E-state index contributed by atoms with van der Waals surface area (Å²) in [7, 11) is 0. The zero-order valence-corrected chi connectivity index (χ0v) is 11.3. The minimum atomic E-state index is -4.81. The zero-order valence-electron chi connectivity index (χ0n) is 11.3. The summed E-state index contributed by atoms with van der Waals surface area (Å²) >= 11 is 0. The number of hydrogen-bond acceptors (Lipinski definition) is 2. The molecule has 0 bridgehead atoms. The van der Waals surface area contributed by atoms with E-state index in [1.807, 2.05) is 0 Å². The van der Waals surface area contributed by atoms with Crippen LogP contribution in [0, 0.1) is 11.7 Å². The average Bonchev–Trinajstić information content (AvgIpc) is 2.86. The molecule has 7 heteroatoms. The van der Waals surface area contributed by atoms with E-state index in [0.717, 1.165) is 18.9 Å². The van der Waals surface area contributed by atoms with Crippen LogP contribution in [0.5, 0.6) is 0 Å². The van der Waals surface area contributed by atoms with Gasteiger partial charge in [-0.15, -0.1) is 0 Å². The van der Waals surface area contributed by atoms with Gasteiger partial charge >= 0.3 is 6.18 Å². The Morgan fingerprint density at radius 3 is 2.71 bits per heavy atom. The largest absolute Gasteiger partial charge is 0.419 e. The van der Waals surface area contributed by atoms with Gasteiger partial charge in [-0.25, -0.2) is 4.39 Å². The lowest BCUT2D eigenvalue weighted by Gasteiger charge is -2.17. The summed E-state index contributed by atoms with van der Waals surface area (Å²) in [5, 5.41) is 0. The maximum atomic E-state index is 13.2. The van der Waals surface area contributed by atoms with Crippen LogP contribution in [0.25, 0.3) is 0 Å². The summed E-state index contributed by atoms with van der Waals surface area (Å²) in [4.78, 5) is 13.7. The van der Waals surface area contributed by atoms with Gasteiger partial charge in [0.15, 0.2) is 0 Å². The van der Waals surface area contributed by atoms with Crippen molar-refractivity contribution in [3.05, 3.63) is 35.1 Å². The van der Waals surface area contributed by atoms with E-state index in [4.69, 9.17) is 5.73 Å². The van der Waals surface area contributed by atoms with E-state index in [1.165, 1.54) is 4.90 Å². The molecule has 1 aliphatic rings. The van der Waals surface area contributed by atoms with E-state index in [2.05, 4.69) is 0 Å². The molecule has 1 amide bonds. The first-order valence-electron chi connectivity index (χ1n) is 6.69. The fourth-order valence-electron chi connectivity index (χ4n) is 2.55. The Hall–Kier alpha value is -1.63. The molecule has 1 heterocycles. The second-order valence-electron chi connectivity index (χ2n) is 5.18. The minimum Gasteiger partial charge on any atom is -0.338 e. The molecule has 2 rings (SSSR count). The quantitative estimate of drug-likeness (QED) is 0.873. The van der Waals surface area contributed by atoms with E-state index < -0.39 is 23.5 Å². The van der Waals surface area contributed by atoms with Crippen LogP contribution in [0.4, 0.5) is 17.6 Å². The molecule has 3 nitrogen and oxygen atoms in total. The molecule has 1 aromatic rings. The first-order valence-corrected chi connectivity index (χ1v) is 6.69. The molecule has 116 valence electrons. The van der Waals surface area contributed by atoms with Crippen molar-refractivity contribution in [2.75, 3.05) is 19.6 Å². The van der Waals surface area contributed by atoms with Gasteiger partial charge in [0.05, 0.1) is 5.56 Å². The maximum Gasteiger partial charge on any atom is 0.419 e. The number of carbonyl (C=O) groups excluding carboxylic acids is 1. The molecule has 0 aliphatic carbocycles. The Kier molecular flexibility index (Phi) is 4.51. The van der Waals surface area contributed by atoms with Gasteiger partial charge in [0.1, 0.15) is 5.82 Å². The highest BCUT2D eigenvalue weighted by Gasteiger charge is 2.35. The summed E-state index contributed by atoms with van der Waals surface area (Å²) in [6.07, 6.45) is -3.25. The molecule has 1 fully saturated rings. The Morgan fingerprint density at radius 2 is 2.10 bits per heavy atom. The van der Waals surface area contributed by atoms with Gasteiger partial charge in [-0.1, -0.05) is 0 Å². The predicted octanol–water partition coefficient (Wildman–Crippen LogP) is 2.66. The normalized spacial score (nSPS) is 19.1. The molecule has 1 saturated heterocycles. The molecule has 0 aromatic heterocycles. The number of carbonyl (C=O) groups is 1. The number of nitrogens with two attached hydrogens (primary N) is 1. The molecule has 1 aromatic carbocycles. The number of nitrogens with zero attached hydrogens (tertiary/aromatic N) is 1. The van der Waals surface area contributed by atoms with E-state index in [1.54, 1.807) is 0 Å². The van der Waals surface area contributed by atoms with E-state index in [0.29, 0.717) is 31.8 Å². The Bertz CT molecular complexity index is 530. The highest BCUT2D eigenvalue weighted by atomic mass is 19.4. The van der Waals surface area contributed by atoms with Gasteiger partial charge in [0.25, 0.3) is 5.91 Å². The highest BCUT2D eigenvalue weighted by Crippen LogP contribution is 2.32. The third-order valence-electron chi connectivity index (χ3n) is 3.67. The predicted molar refractivity (Wildman–Crippen MR) is 69.1 cm³/mol. The van der Waals surface area contributed by atoms with Crippen molar-refractivity contribution in [1.82, 2.24) is 4.90 Å². The average molecular weight is 304 g/mol. The van der Waals surface area contributed by atoms with Crippen molar-refractivity contribution in [1.29, 1.82) is 0 Å². The van der Waals surface area contributed by atoms with Crippen molar-refractivity contribution < 1.29 is 22.4 Å². The first kappa shape index (κ1) is 15.8. The third-order valence-corrected chi connectivity index (χ3v) is 3.67. The summed E-state index contributed by atoms with van der Waals surface area (Å²) < 4.78 is 51.2. The van der Waals surface area contributed by atoms with Gasteiger partial charge < -0.3 is 10.6 Å². The molecular weight excluding hydrogens is 288 g/mol. The summed E-state index contributed by atoms with van der Waals surface area (Å²) in [5.74, 6) is -1.59. The number of halogens is 4. The third kappa shape index (κ3) is 3.53. The van der Waals surface area contributed by atoms with Crippen LogP contribution in [-0.2, 0) is 6.18 Å². The van der Waals surface area contributed by atoms with Crippen LogP contribution in [-0.4, -0.2) is 30.4 Å². The van der Waals surface area contributed by atoms with E-state index in [9.17, 15) is 22.4 Å². The molecule has 2 N–H and O–H groups in total. The number of hydrogen-bond donors (Lipinski definition) is 1. The lowest BCUT2D eigenvalue weighted by atomic mass is 10.1. The van der Waals surface area contributed by atoms with Gasteiger partial charge in [-0.05, 0) is 43.5 Å². The molecule has 0 saturated carbocycles. The monoisotopic (exact) mass is 304 g/mol. The van der Waals surface area contributed by atoms with Gasteiger partial charge in [0.2, 0.25) is 0 Å². The number of benzene rings is 1. The maximum absolute atomic E-state index is 13.2. The Morgan fingerprint density at radius 1 is 1.38 bits per heavy atom. The number of likely N-dealkylation sites (tertiary alicyclic amines) is 1. The van der Waals surface area contributed by atoms with E-state index >= 15 is 0 Å². The Balaban J connectivity index is 2.17. The van der Waals surface area contributed by atoms with Crippen molar-refractivity contribution >= 4 is 5.91 Å². The standard InChI is InChI=1S/C14H16F4N2O/c15-12-2-1-10(7-11(12)14(16,17)18)13(21)20-6-4-9(8-20)3-5-19/h1-2,7,9H,3-6,8,19H2. The molecular formula is C14H16F4N2O. The number of alkyl halides is 3. The molecule has 1 unspecified atom stereocenters. The summed E-state index contributed by atoms with van der Waals surface area (Å²) in [5.41, 5.74) is 3.90. The highest BCUT2D eigenvalue weighted by molar-refractivity contribution is 5.94. The molecule has 1 atom stereocenters. The SMILES string of the molecule is NCCC1CCN(C(=O)c2ccc(F)c(C(F)(F)F)c2)C1. The number of amides is 1. The van der Waals surface area contributed by atoms with Crippen molar-refractivity contribution in [2.45, 2.75) is 19.0 Å². The van der Waals surface area contributed by atoms with Crippen molar-refractivity contribution in [3.8, 4) is 0 Å². The van der Waals surface area contributed by atoms with Crippen LogP contribution >= 0.6 is 0 Å². The first-order chi connectivity index (χ1) is 9.82. The summed E-state index contributed by atoms with van der Waals surface area (Å²) in [6, 6.07) is 2.35. The minimum absolute atomic E-state index is 0.142. The molecule has 1 aliphatic heterocycles. The van der Waals surface area contributed by atoms with Crippen LogP contribution in [0.2, 0.25) is 0 Å². The van der Waals surface area contributed by atoms with E-state index in [-0.39, 0.29) is 11.5 Å². The summed E-state index contributed by atoms with van der Waals surface area (Å²) in [6.45, 7) is 1.48. The van der Waals surface area contributed by atoms with Crippen LogP contribution in [0.1, 0.15) is 28.8 Å². The lowest BCUT2D eigenvalue weighted by Crippen LogP contribution is -2.29. The smallest absolute Gasteiger partial charge is 0.338 e. The topological polar surface area (TPSA) is 46.3 Å². The van der Waals surface area contributed by atoms with Gasteiger partial charge in [0, 0.05) is 18.7 Å².